The summed E-state index contributed by atoms with van der Waals surface area (Å²) >= 11 is 0. The number of rotatable bonds is 7. The van der Waals surface area contributed by atoms with Gasteiger partial charge in [-0.3, -0.25) is 14.6 Å². The predicted octanol–water partition coefficient (Wildman–Crippen LogP) is 3.31. The Morgan fingerprint density at radius 1 is 1.03 bits per heavy atom. The molecule has 1 N–H and O–H groups in total. The Hall–Kier alpha value is -3.87. The first-order valence-electron chi connectivity index (χ1n) is 11.0. The summed E-state index contributed by atoms with van der Waals surface area (Å²) in [6, 6.07) is 11.6. The van der Waals surface area contributed by atoms with E-state index in [1.165, 1.54) is 6.33 Å². The lowest BCUT2D eigenvalue weighted by atomic mass is 9.72. The van der Waals surface area contributed by atoms with Crippen LogP contribution in [0.25, 0.3) is 11.1 Å². The van der Waals surface area contributed by atoms with Crippen molar-refractivity contribution in [3.8, 4) is 11.1 Å². The van der Waals surface area contributed by atoms with Crippen molar-refractivity contribution in [1.82, 2.24) is 25.2 Å². The van der Waals surface area contributed by atoms with Crippen LogP contribution < -0.4 is 5.32 Å². The molecule has 1 aromatic carbocycles. The third-order valence-corrected chi connectivity index (χ3v) is 6.19. The van der Waals surface area contributed by atoms with Gasteiger partial charge in [-0.15, -0.1) is 6.58 Å². The number of carbonyl (C=O) groups excluding carboxylic acids is 2. The van der Waals surface area contributed by atoms with Crippen molar-refractivity contribution in [3.63, 3.8) is 0 Å². The number of aromatic nitrogens is 3. The van der Waals surface area contributed by atoms with Gasteiger partial charge in [-0.2, -0.15) is 0 Å². The standard InChI is InChI=1S/C26H27N5O2/c1-2-10-30-25(33)26(8-13-31(14-9-26)24(32)21-6-11-27-12-7-21)16-20-4-3-5-22(15-20)23-17-28-19-29-18-23/h2-7,11-12,15,17-19H,1,8-10,13-14,16H2,(H,30,33). The second kappa shape index (κ2) is 10.2. The fraction of sp³-hybridized carbons (Fsp3) is 0.269. The number of carbonyl (C=O) groups is 2. The van der Waals surface area contributed by atoms with E-state index in [0.29, 0.717) is 44.5 Å². The molecule has 0 saturated carbocycles. The van der Waals surface area contributed by atoms with Gasteiger partial charge >= 0.3 is 0 Å². The Kier molecular flexibility index (Phi) is 6.88. The van der Waals surface area contributed by atoms with E-state index in [1.807, 2.05) is 23.1 Å². The lowest BCUT2D eigenvalue weighted by Crippen LogP contribution is -2.51. The minimum Gasteiger partial charge on any atom is -0.352 e. The molecule has 2 amide bonds. The first kappa shape index (κ1) is 22.3. The van der Waals surface area contributed by atoms with Crippen LogP contribution in [0.3, 0.4) is 0 Å². The van der Waals surface area contributed by atoms with Gasteiger partial charge in [0.05, 0.1) is 5.41 Å². The van der Waals surface area contributed by atoms with E-state index in [2.05, 4.69) is 32.9 Å². The SMILES string of the molecule is C=CCNC(=O)C1(Cc2cccc(-c3cncnc3)c2)CCN(C(=O)c2ccncc2)CC1. The minimum atomic E-state index is -0.593. The average molecular weight is 442 g/mol. The third-order valence-electron chi connectivity index (χ3n) is 6.19. The van der Waals surface area contributed by atoms with E-state index in [1.54, 1.807) is 43.0 Å². The van der Waals surface area contributed by atoms with Crippen LogP contribution in [0.4, 0.5) is 0 Å². The highest BCUT2D eigenvalue weighted by atomic mass is 16.2. The highest BCUT2D eigenvalue weighted by Crippen LogP contribution is 2.37. The Bertz CT molecular complexity index is 1110. The topological polar surface area (TPSA) is 88.1 Å². The highest BCUT2D eigenvalue weighted by Gasteiger charge is 2.42. The molecule has 168 valence electrons. The highest BCUT2D eigenvalue weighted by molar-refractivity contribution is 5.94. The lowest BCUT2D eigenvalue weighted by molar-refractivity contribution is -0.133. The molecule has 1 saturated heterocycles. The molecule has 7 nitrogen and oxygen atoms in total. The first-order chi connectivity index (χ1) is 16.1. The third kappa shape index (κ3) is 5.14. The van der Waals surface area contributed by atoms with Gasteiger partial charge in [0.15, 0.2) is 0 Å². The van der Waals surface area contributed by atoms with E-state index in [-0.39, 0.29) is 11.8 Å². The maximum atomic E-state index is 13.3. The molecule has 2 aromatic heterocycles. The van der Waals surface area contributed by atoms with E-state index < -0.39 is 5.41 Å². The molecule has 1 aliphatic heterocycles. The number of benzene rings is 1. The van der Waals surface area contributed by atoms with Gasteiger partial charge in [-0.05, 0) is 42.5 Å². The molecular weight excluding hydrogens is 414 g/mol. The largest absolute Gasteiger partial charge is 0.352 e. The fourth-order valence-electron chi connectivity index (χ4n) is 4.35. The summed E-state index contributed by atoms with van der Waals surface area (Å²) < 4.78 is 0. The molecule has 0 radical (unpaired) electrons. The molecular formula is C26H27N5O2. The fourth-order valence-corrected chi connectivity index (χ4v) is 4.35. The molecule has 0 bridgehead atoms. The molecule has 0 unspecified atom stereocenters. The number of piperidine rings is 1. The van der Waals surface area contributed by atoms with Crippen LogP contribution in [-0.4, -0.2) is 51.3 Å². The summed E-state index contributed by atoms with van der Waals surface area (Å²) in [7, 11) is 0. The predicted molar refractivity (Wildman–Crippen MR) is 126 cm³/mol. The molecule has 4 rings (SSSR count). The van der Waals surface area contributed by atoms with Crippen molar-refractivity contribution in [2.75, 3.05) is 19.6 Å². The van der Waals surface area contributed by atoms with E-state index in [4.69, 9.17) is 0 Å². The van der Waals surface area contributed by atoms with E-state index in [9.17, 15) is 9.59 Å². The quantitative estimate of drug-likeness (QED) is 0.569. The maximum absolute atomic E-state index is 13.3. The summed E-state index contributed by atoms with van der Waals surface area (Å²) in [6.45, 7) is 5.18. The number of nitrogens with one attached hydrogen (secondary N) is 1. The molecule has 7 heteroatoms. The average Bonchev–Trinajstić information content (AvgIpc) is 2.88. The van der Waals surface area contributed by atoms with Crippen molar-refractivity contribution in [3.05, 3.63) is 91.3 Å². The van der Waals surface area contributed by atoms with Crippen LogP contribution in [0, 0.1) is 5.41 Å². The number of amides is 2. The Balaban J connectivity index is 1.54. The second-order valence-electron chi connectivity index (χ2n) is 8.31. The van der Waals surface area contributed by atoms with Crippen LogP contribution in [0.1, 0.15) is 28.8 Å². The monoisotopic (exact) mass is 441 g/mol. The van der Waals surface area contributed by atoms with Crippen LogP contribution in [0.15, 0.2) is 80.2 Å². The van der Waals surface area contributed by atoms with Crippen LogP contribution in [0.2, 0.25) is 0 Å². The van der Waals surface area contributed by atoms with Gasteiger partial charge in [0.1, 0.15) is 6.33 Å². The number of likely N-dealkylation sites (tertiary alicyclic amines) is 1. The van der Waals surface area contributed by atoms with Crippen molar-refractivity contribution >= 4 is 11.8 Å². The molecule has 1 aliphatic rings. The molecule has 3 heterocycles. The molecule has 3 aromatic rings. The number of hydrogen-bond acceptors (Lipinski definition) is 5. The van der Waals surface area contributed by atoms with E-state index in [0.717, 1.165) is 16.7 Å². The van der Waals surface area contributed by atoms with Crippen LogP contribution >= 0.6 is 0 Å². The maximum Gasteiger partial charge on any atom is 0.253 e. The van der Waals surface area contributed by atoms with Gasteiger partial charge in [-0.25, -0.2) is 9.97 Å². The smallest absolute Gasteiger partial charge is 0.253 e. The van der Waals surface area contributed by atoms with Gasteiger partial charge in [0.25, 0.3) is 5.91 Å². The van der Waals surface area contributed by atoms with Gasteiger partial charge < -0.3 is 10.2 Å². The Morgan fingerprint density at radius 3 is 2.45 bits per heavy atom. The van der Waals surface area contributed by atoms with Crippen molar-refractivity contribution in [2.45, 2.75) is 19.3 Å². The number of nitrogens with zero attached hydrogens (tertiary/aromatic N) is 4. The lowest BCUT2D eigenvalue weighted by Gasteiger charge is -2.41. The summed E-state index contributed by atoms with van der Waals surface area (Å²) in [5.74, 6) is -0.0181. The zero-order valence-electron chi connectivity index (χ0n) is 18.5. The zero-order valence-corrected chi connectivity index (χ0v) is 18.5. The van der Waals surface area contributed by atoms with Crippen molar-refractivity contribution in [1.29, 1.82) is 0 Å². The van der Waals surface area contributed by atoms with Crippen molar-refractivity contribution < 1.29 is 9.59 Å². The summed E-state index contributed by atoms with van der Waals surface area (Å²) in [4.78, 5) is 40.2. The number of pyridine rings is 1. The summed E-state index contributed by atoms with van der Waals surface area (Å²) in [5, 5.41) is 3.00. The van der Waals surface area contributed by atoms with Gasteiger partial charge in [0.2, 0.25) is 5.91 Å². The second-order valence-corrected chi connectivity index (χ2v) is 8.31. The molecule has 1 fully saturated rings. The van der Waals surface area contributed by atoms with Crippen LogP contribution in [-0.2, 0) is 11.2 Å². The Morgan fingerprint density at radius 2 is 1.76 bits per heavy atom. The van der Waals surface area contributed by atoms with Gasteiger partial charge in [0, 0.05) is 55.5 Å². The molecule has 0 aliphatic carbocycles. The van der Waals surface area contributed by atoms with Crippen molar-refractivity contribution in [2.24, 2.45) is 5.41 Å². The van der Waals surface area contributed by atoms with Gasteiger partial charge in [-0.1, -0.05) is 30.3 Å². The Labute approximate surface area is 193 Å². The molecule has 33 heavy (non-hydrogen) atoms. The molecule has 0 atom stereocenters. The summed E-state index contributed by atoms with van der Waals surface area (Å²) in [5.41, 5.74) is 3.04. The van der Waals surface area contributed by atoms with E-state index >= 15 is 0 Å². The summed E-state index contributed by atoms with van der Waals surface area (Å²) in [6.07, 6.45) is 11.8. The number of hydrogen-bond donors (Lipinski definition) is 1. The zero-order chi connectivity index (χ0) is 23.1. The normalized spacial score (nSPS) is 15.0. The molecule has 0 spiro atoms. The first-order valence-corrected chi connectivity index (χ1v) is 11.0. The minimum absolute atomic E-state index is 0.00635. The van der Waals surface area contributed by atoms with Crippen LogP contribution in [0.5, 0.6) is 0 Å².